The van der Waals surface area contributed by atoms with E-state index in [2.05, 4.69) is 45.5 Å². The number of fused-ring (bicyclic) bond motifs is 1. The van der Waals surface area contributed by atoms with Crippen LogP contribution in [0.3, 0.4) is 0 Å². The Morgan fingerprint density at radius 1 is 1.12 bits per heavy atom. The van der Waals surface area contributed by atoms with E-state index in [1.807, 2.05) is 26.2 Å². The summed E-state index contributed by atoms with van der Waals surface area (Å²) in [5.74, 6) is 1.75. The van der Waals surface area contributed by atoms with E-state index in [1.165, 1.54) is 11.1 Å². The number of hydrogen-bond donors (Lipinski definition) is 1. The van der Waals surface area contributed by atoms with Gasteiger partial charge in [0.15, 0.2) is 0 Å². The third-order valence-electron chi connectivity index (χ3n) is 4.33. The van der Waals surface area contributed by atoms with Crippen LogP contribution < -0.4 is 5.32 Å². The standard InChI is InChI=1S/C20H20N4O/c1-24(2)19-11-16-7-8-17(12-18(16)23-19)22-13-14-3-5-15(6-4-14)20-21-9-10-25-20/h3-10,12,22H,11,13H2,1-2H3. The Morgan fingerprint density at radius 3 is 2.68 bits per heavy atom. The first-order valence-corrected chi connectivity index (χ1v) is 8.29. The number of hydrogen-bond acceptors (Lipinski definition) is 5. The van der Waals surface area contributed by atoms with Crippen molar-refractivity contribution in [1.82, 2.24) is 9.88 Å². The number of rotatable bonds is 4. The Balaban J connectivity index is 1.43. The van der Waals surface area contributed by atoms with Crippen LogP contribution >= 0.6 is 0 Å². The number of nitrogens with one attached hydrogen (secondary N) is 1. The summed E-state index contributed by atoms with van der Waals surface area (Å²) in [7, 11) is 4.07. The molecule has 0 amide bonds. The molecule has 1 aliphatic heterocycles. The lowest BCUT2D eigenvalue weighted by molar-refractivity contribution is 0.574. The van der Waals surface area contributed by atoms with Gasteiger partial charge in [0.25, 0.3) is 0 Å². The first kappa shape index (κ1) is 15.4. The smallest absolute Gasteiger partial charge is 0.225 e. The molecule has 25 heavy (non-hydrogen) atoms. The second-order valence-electron chi connectivity index (χ2n) is 6.33. The van der Waals surface area contributed by atoms with Crippen molar-refractivity contribution >= 4 is 17.2 Å². The van der Waals surface area contributed by atoms with Crippen molar-refractivity contribution in [1.29, 1.82) is 0 Å². The third-order valence-corrected chi connectivity index (χ3v) is 4.33. The van der Waals surface area contributed by atoms with Crippen molar-refractivity contribution in [2.24, 2.45) is 4.99 Å². The van der Waals surface area contributed by atoms with Crippen molar-refractivity contribution in [2.75, 3.05) is 19.4 Å². The highest BCUT2D eigenvalue weighted by atomic mass is 16.3. The molecule has 0 spiro atoms. The van der Waals surface area contributed by atoms with E-state index in [1.54, 1.807) is 12.5 Å². The fourth-order valence-corrected chi connectivity index (χ4v) is 2.87. The van der Waals surface area contributed by atoms with E-state index in [-0.39, 0.29) is 0 Å². The minimum Gasteiger partial charge on any atom is -0.445 e. The minimum atomic E-state index is 0.646. The zero-order valence-electron chi connectivity index (χ0n) is 14.4. The van der Waals surface area contributed by atoms with Crippen LogP contribution in [0.25, 0.3) is 11.5 Å². The summed E-state index contributed by atoms with van der Waals surface area (Å²) < 4.78 is 5.31. The number of oxazole rings is 1. The topological polar surface area (TPSA) is 53.7 Å². The zero-order chi connectivity index (χ0) is 17.2. The zero-order valence-corrected chi connectivity index (χ0v) is 14.4. The molecule has 0 aliphatic carbocycles. The molecule has 0 atom stereocenters. The molecule has 0 fully saturated rings. The summed E-state index contributed by atoms with van der Waals surface area (Å²) in [6.45, 7) is 0.759. The minimum absolute atomic E-state index is 0.646. The van der Waals surface area contributed by atoms with Crippen LogP contribution in [0.5, 0.6) is 0 Å². The normalized spacial score (nSPS) is 12.6. The van der Waals surface area contributed by atoms with E-state index in [9.17, 15) is 0 Å². The predicted octanol–water partition coefficient (Wildman–Crippen LogP) is 4.10. The highest BCUT2D eigenvalue weighted by molar-refractivity contribution is 5.92. The van der Waals surface area contributed by atoms with Crippen LogP contribution in [0, 0.1) is 0 Å². The molecule has 3 aromatic rings. The molecule has 4 rings (SSSR count). The van der Waals surface area contributed by atoms with E-state index in [0.717, 1.165) is 35.7 Å². The lowest BCUT2D eigenvalue weighted by Gasteiger charge is -2.10. The van der Waals surface area contributed by atoms with Crippen LogP contribution in [-0.2, 0) is 13.0 Å². The molecule has 2 aromatic carbocycles. The molecule has 0 unspecified atom stereocenters. The van der Waals surface area contributed by atoms with Gasteiger partial charge in [0.2, 0.25) is 5.89 Å². The van der Waals surface area contributed by atoms with E-state index in [0.29, 0.717) is 5.89 Å². The molecule has 0 saturated heterocycles. The molecule has 126 valence electrons. The van der Waals surface area contributed by atoms with Gasteiger partial charge in [-0.2, -0.15) is 0 Å². The Bertz CT molecular complexity index is 896. The molecular weight excluding hydrogens is 312 g/mol. The lowest BCUT2D eigenvalue weighted by atomic mass is 10.1. The van der Waals surface area contributed by atoms with Gasteiger partial charge in [-0.1, -0.05) is 18.2 Å². The highest BCUT2D eigenvalue weighted by Crippen LogP contribution is 2.30. The fraction of sp³-hybridized carbons (Fsp3) is 0.200. The van der Waals surface area contributed by atoms with Crippen LogP contribution in [-0.4, -0.2) is 29.8 Å². The first-order valence-electron chi connectivity index (χ1n) is 8.29. The van der Waals surface area contributed by atoms with Crippen LogP contribution in [0.15, 0.2) is 64.3 Å². The second kappa shape index (κ2) is 6.43. The molecule has 1 N–H and O–H groups in total. The van der Waals surface area contributed by atoms with Gasteiger partial charge in [0, 0.05) is 38.3 Å². The Morgan fingerprint density at radius 2 is 1.96 bits per heavy atom. The van der Waals surface area contributed by atoms with Gasteiger partial charge in [0.05, 0.1) is 11.9 Å². The van der Waals surface area contributed by atoms with Gasteiger partial charge >= 0.3 is 0 Å². The first-order chi connectivity index (χ1) is 12.2. The maximum absolute atomic E-state index is 5.31. The van der Waals surface area contributed by atoms with Crippen LogP contribution in [0.4, 0.5) is 11.4 Å². The molecule has 2 heterocycles. The predicted molar refractivity (Wildman–Crippen MR) is 100 cm³/mol. The molecule has 1 aromatic heterocycles. The quantitative estimate of drug-likeness (QED) is 0.781. The van der Waals surface area contributed by atoms with Crippen LogP contribution in [0.1, 0.15) is 11.1 Å². The van der Waals surface area contributed by atoms with Gasteiger partial charge in [-0.3, -0.25) is 0 Å². The number of benzene rings is 2. The Kier molecular flexibility index (Phi) is 3.98. The summed E-state index contributed by atoms with van der Waals surface area (Å²) >= 11 is 0. The molecular formula is C20H20N4O. The van der Waals surface area contributed by atoms with Crippen molar-refractivity contribution in [3.05, 3.63) is 66.1 Å². The number of amidine groups is 1. The molecule has 5 nitrogen and oxygen atoms in total. The Labute approximate surface area is 147 Å². The summed E-state index contributed by atoms with van der Waals surface area (Å²) in [6.07, 6.45) is 4.15. The van der Waals surface area contributed by atoms with Crippen molar-refractivity contribution in [2.45, 2.75) is 13.0 Å². The summed E-state index contributed by atoms with van der Waals surface area (Å²) in [5.41, 5.74) is 5.61. The van der Waals surface area contributed by atoms with E-state index < -0.39 is 0 Å². The second-order valence-corrected chi connectivity index (χ2v) is 6.33. The molecule has 1 aliphatic rings. The molecule has 5 heteroatoms. The number of nitrogens with zero attached hydrogens (tertiary/aromatic N) is 3. The maximum Gasteiger partial charge on any atom is 0.225 e. The van der Waals surface area contributed by atoms with Gasteiger partial charge in [-0.15, -0.1) is 0 Å². The lowest BCUT2D eigenvalue weighted by Crippen LogP contribution is -2.21. The van der Waals surface area contributed by atoms with E-state index >= 15 is 0 Å². The number of anilines is 1. The summed E-state index contributed by atoms with van der Waals surface area (Å²) in [4.78, 5) is 10.9. The monoisotopic (exact) mass is 332 g/mol. The van der Waals surface area contributed by atoms with Crippen molar-refractivity contribution in [3.63, 3.8) is 0 Å². The number of likely N-dealkylation sites (N-methyl/N-ethyl adjacent to an activating group) is 1. The fourth-order valence-electron chi connectivity index (χ4n) is 2.87. The average Bonchev–Trinajstić information content (AvgIpc) is 3.29. The largest absolute Gasteiger partial charge is 0.445 e. The summed E-state index contributed by atoms with van der Waals surface area (Å²) in [5, 5.41) is 3.47. The third kappa shape index (κ3) is 3.26. The van der Waals surface area contributed by atoms with Crippen LogP contribution in [0.2, 0.25) is 0 Å². The molecule has 0 bridgehead atoms. The van der Waals surface area contributed by atoms with Crippen molar-refractivity contribution < 1.29 is 4.42 Å². The number of aliphatic imine (C=N–C) groups is 1. The molecule has 0 saturated carbocycles. The highest BCUT2D eigenvalue weighted by Gasteiger charge is 2.16. The van der Waals surface area contributed by atoms with Gasteiger partial charge < -0.3 is 14.6 Å². The average molecular weight is 332 g/mol. The van der Waals surface area contributed by atoms with E-state index in [4.69, 9.17) is 9.41 Å². The van der Waals surface area contributed by atoms with Gasteiger partial charge in [-0.05, 0) is 35.4 Å². The number of aromatic nitrogens is 1. The summed E-state index contributed by atoms with van der Waals surface area (Å²) in [6, 6.07) is 14.6. The SMILES string of the molecule is CN(C)C1=Nc2cc(NCc3ccc(-c4ncco4)cc3)ccc2C1. The Hall–Kier alpha value is -3.08. The van der Waals surface area contributed by atoms with Crippen molar-refractivity contribution in [3.8, 4) is 11.5 Å². The molecule has 0 radical (unpaired) electrons. The van der Waals surface area contributed by atoms with Gasteiger partial charge in [0.1, 0.15) is 12.1 Å². The maximum atomic E-state index is 5.31. The van der Waals surface area contributed by atoms with Gasteiger partial charge in [-0.25, -0.2) is 9.98 Å².